The first-order valence-corrected chi connectivity index (χ1v) is 39.8. The maximum Gasteiger partial charge on any atom is 0.472 e. The molecule has 0 heterocycles. The molecule has 89 heavy (non-hydrogen) atoms. The number of phosphoric acid groups is 2. The molecule has 0 aromatic rings. The SMILES string of the molecule is CCCCCCCCCCCCCCCCCCCCC(=O)O[C@H](COC(=O)CCCCCCCCCCCCCC)COP(=O)(O)OC[C@@H](O)COP(=O)(O)OC[C@@H](COC(=O)CCCCCCCCCC)OC(=O)CCCCCCCCCCCCC. The Morgan fingerprint density at radius 3 is 0.663 bits per heavy atom. The fourth-order valence-electron chi connectivity index (χ4n) is 10.7. The van der Waals surface area contributed by atoms with Gasteiger partial charge in [0, 0.05) is 25.7 Å². The number of unbranched alkanes of at least 4 members (excludes halogenated alkanes) is 45. The van der Waals surface area contributed by atoms with Crippen LogP contribution in [0.15, 0.2) is 0 Å². The van der Waals surface area contributed by atoms with E-state index in [1.807, 2.05) is 0 Å². The van der Waals surface area contributed by atoms with E-state index >= 15 is 0 Å². The molecule has 0 radical (unpaired) electrons. The standard InChI is InChI=1S/C70H136O17P2/c1-5-9-13-17-21-25-28-30-31-32-33-34-35-38-41-45-49-53-57-70(75)87-66(61-81-68(73)55-51-47-43-39-37-29-26-22-18-14-10-6-2)63-85-89(78,79)83-59-64(71)58-82-88(76,77)84-62-65(60-80-67(72)54-50-46-42-24-20-16-12-8-4)86-69(74)56-52-48-44-40-36-27-23-19-15-11-7-3/h64-66,71H,5-63H2,1-4H3,(H,76,77)(H,78,79)/t64-,65+,66+/m0/s1. The lowest BCUT2D eigenvalue weighted by atomic mass is 10.0. The molecule has 2 unspecified atom stereocenters. The van der Waals surface area contributed by atoms with Gasteiger partial charge in [-0.15, -0.1) is 0 Å². The predicted octanol–water partition coefficient (Wildman–Crippen LogP) is 20.3. The Labute approximate surface area is 543 Å². The van der Waals surface area contributed by atoms with E-state index in [1.165, 1.54) is 193 Å². The molecule has 0 aliphatic rings. The zero-order chi connectivity index (χ0) is 65.4. The van der Waals surface area contributed by atoms with Crippen molar-refractivity contribution < 1.29 is 80.2 Å². The molecule has 528 valence electrons. The van der Waals surface area contributed by atoms with Crippen molar-refractivity contribution in [2.45, 2.75) is 386 Å². The van der Waals surface area contributed by atoms with Gasteiger partial charge in [0.25, 0.3) is 0 Å². The van der Waals surface area contributed by atoms with Crippen LogP contribution in [0.1, 0.15) is 368 Å². The fraction of sp³-hybridized carbons (Fsp3) is 0.943. The Morgan fingerprint density at radius 1 is 0.270 bits per heavy atom. The Bertz CT molecular complexity index is 1710. The highest BCUT2D eigenvalue weighted by atomic mass is 31.2. The first-order valence-electron chi connectivity index (χ1n) is 36.8. The van der Waals surface area contributed by atoms with Crippen LogP contribution in [-0.2, 0) is 65.4 Å². The van der Waals surface area contributed by atoms with Gasteiger partial charge in [-0.2, -0.15) is 0 Å². The van der Waals surface area contributed by atoms with Crippen LogP contribution in [0.4, 0.5) is 0 Å². The normalized spacial score (nSPS) is 14.0. The summed E-state index contributed by atoms with van der Waals surface area (Å²) in [5.41, 5.74) is 0. The molecule has 0 aliphatic carbocycles. The average molecular weight is 1310 g/mol. The molecule has 0 rings (SSSR count). The highest BCUT2D eigenvalue weighted by molar-refractivity contribution is 7.47. The quantitative estimate of drug-likeness (QED) is 0.0222. The van der Waals surface area contributed by atoms with Crippen molar-refractivity contribution >= 4 is 39.5 Å². The minimum atomic E-state index is -4.95. The molecule has 0 bridgehead atoms. The molecular formula is C70H136O17P2. The van der Waals surface area contributed by atoms with E-state index in [4.69, 9.17) is 37.0 Å². The van der Waals surface area contributed by atoms with Gasteiger partial charge in [-0.25, -0.2) is 9.13 Å². The number of hydrogen-bond donors (Lipinski definition) is 3. The van der Waals surface area contributed by atoms with Crippen LogP contribution < -0.4 is 0 Å². The van der Waals surface area contributed by atoms with Crippen LogP contribution in [0.3, 0.4) is 0 Å². The molecule has 0 spiro atoms. The van der Waals surface area contributed by atoms with E-state index in [9.17, 15) is 43.2 Å². The lowest BCUT2D eigenvalue weighted by Gasteiger charge is -2.21. The summed E-state index contributed by atoms with van der Waals surface area (Å²) < 4.78 is 68.2. The highest BCUT2D eigenvalue weighted by Crippen LogP contribution is 2.45. The second-order valence-corrected chi connectivity index (χ2v) is 28.2. The topological polar surface area (TPSA) is 237 Å². The zero-order valence-corrected chi connectivity index (χ0v) is 59.2. The third-order valence-electron chi connectivity index (χ3n) is 16.4. The van der Waals surface area contributed by atoms with Crippen molar-refractivity contribution in [3.8, 4) is 0 Å². The molecule has 0 amide bonds. The first kappa shape index (κ1) is 87.1. The number of carbonyl (C=O) groups is 4. The van der Waals surface area contributed by atoms with Gasteiger partial charge in [-0.05, 0) is 25.7 Å². The number of aliphatic hydroxyl groups excluding tert-OH is 1. The van der Waals surface area contributed by atoms with Gasteiger partial charge in [0.05, 0.1) is 26.4 Å². The van der Waals surface area contributed by atoms with E-state index in [0.717, 1.165) is 96.3 Å². The Balaban J connectivity index is 5.19. The number of hydrogen-bond acceptors (Lipinski definition) is 15. The number of carbonyl (C=O) groups excluding carboxylic acids is 4. The summed E-state index contributed by atoms with van der Waals surface area (Å²) in [5, 5.41) is 10.6. The summed E-state index contributed by atoms with van der Waals surface area (Å²) >= 11 is 0. The number of rotatable bonds is 71. The molecule has 17 nitrogen and oxygen atoms in total. The molecule has 3 N–H and O–H groups in total. The van der Waals surface area contributed by atoms with Crippen LogP contribution in [0.25, 0.3) is 0 Å². The summed E-state index contributed by atoms with van der Waals surface area (Å²) in [5.74, 6) is -2.12. The Hall–Kier alpha value is -1.94. The van der Waals surface area contributed by atoms with E-state index in [-0.39, 0.29) is 25.7 Å². The van der Waals surface area contributed by atoms with Gasteiger partial charge < -0.3 is 33.8 Å². The van der Waals surface area contributed by atoms with E-state index in [2.05, 4.69) is 27.7 Å². The van der Waals surface area contributed by atoms with Crippen molar-refractivity contribution in [1.29, 1.82) is 0 Å². The lowest BCUT2D eigenvalue weighted by molar-refractivity contribution is -0.161. The monoisotopic (exact) mass is 1310 g/mol. The third-order valence-corrected chi connectivity index (χ3v) is 18.3. The Kier molecular flexibility index (Phi) is 63.3. The van der Waals surface area contributed by atoms with E-state index < -0.39 is 97.5 Å². The van der Waals surface area contributed by atoms with Crippen molar-refractivity contribution in [2.24, 2.45) is 0 Å². The molecule has 5 atom stereocenters. The van der Waals surface area contributed by atoms with Crippen LogP contribution in [0, 0.1) is 0 Å². The van der Waals surface area contributed by atoms with Crippen LogP contribution >= 0.6 is 15.6 Å². The van der Waals surface area contributed by atoms with Crippen molar-refractivity contribution in [1.82, 2.24) is 0 Å². The molecule has 0 saturated carbocycles. The molecule has 0 aromatic carbocycles. The van der Waals surface area contributed by atoms with Gasteiger partial charge in [-0.1, -0.05) is 317 Å². The van der Waals surface area contributed by atoms with E-state index in [0.29, 0.717) is 25.7 Å². The lowest BCUT2D eigenvalue weighted by Crippen LogP contribution is -2.30. The van der Waals surface area contributed by atoms with Crippen LogP contribution in [-0.4, -0.2) is 96.7 Å². The minimum Gasteiger partial charge on any atom is -0.462 e. The predicted molar refractivity (Wildman–Crippen MR) is 359 cm³/mol. The van der Waals surface area contributed by atoms with Gasteiger partial charge in [0.2, 0.25) is 0 Å². The van der Waals surface area contributed by atoms with Crippen molar-refractivity contribution in [3.05, 3.63) is 0 Å². The number of ether oxygens (including phenoxy) is 4. The maximum absolute atomic E-state index is 13.0. The summed E-state index contributed by atoms with van der Waals surface area (Å²) in [4.78, 5) is 72.4. The van der Waals surface area contributed by atoms with Crippen molar-refractivity contribution in [2.75, 3.05) is 39.6 Å². The number of phosphoric ester groups is 2. The van der Waals surface area contributed by atoms with Gasteiger partial charge in [0.1, 0.15) is 19.3 Å². The second kappa shape index (κ2) is 64.8. The second-order valence-electron chi connectivity index (χ2n) is 25.3. The fourth-order valence-corrected chi connectivity index (χ4v) is 12.3. The van der Waals surface area contributed by atoms with Gasteiger partial charge in [0.15, 0.2) is 12.2 Å². The average Bonchev–Trinajstić information content (AvgIpc) is 3.64. The van der Waals surface area contributed by atoms with Crippen LogP contribution in [0.5, 0.6) is 0 Å². The third kappa shape index (κ3) is 64.6. The maximum atomic E-state index is 13.0. The van der Waals surface area contributed by atoms with Gasteiger partial charge >= 0.3 is 39.5 Å². The summed E-state index contributed by atoms with van der Waals surface area (Å²) in [6.07, 6.45) is 52.7. The van der Waals surface area contributed by atoms with Crippen LogP contribution in [0.2, 0.25) is 0 Å². The minimum absolute atomic E-state index is 0.107. The molecule has 0 saturated heterocycles. The summed E-state index contributed by atoms with van der Waals surface area (Å²) in [6, 6.07) is 0. The first-order chi connectivity index (χ1) is 43.2. The summed E-state index contributed by atoms with van der Waals surface area (Å²) in [7, 11) is -9.89. The Morgan fingerprint density at radius 2 is 0.449 bits per heavy atom. The largest absolute Gasteiger partial charge is 0.472 e. The van der Waals surface area contributed by atoms with Crippen molar-refractivity contribution in [3.63, 3.8) is 0 Å². The molecule has 0 fully saturated rings. The number of esters is 4. The molecular weight excluding hydrogens is 1170 g/mol. The smallest absolute Gasteiger partial charge is 0.462 e. The molecule has 0 aliphatic heterocycles. The molecule has 0 aromatic heterocycles. The summed E-state index contributed by atoms with van der Waals surface area (Å²) in [6.45, 7) is 4.92. The zero-order valence-electron chi connectivity index (χ0n) is 57.4. The van der Waals surface area contributed by atoms with E-state index in [1.54, 1.807) is 0 Å². The molecule has 19 heteroatoms. The highest BCUT2D eigenvalue weighted by Gasteiger charge is 2.30. The van der Waals surface area contributed by atoms with Gasteiger partial charge in [-0.3, -0.25) is 37.3 Å². The number of aliphatic hydroxyl groups is 1.